The lowest BCUT2D eigenvalue weighted by molar-refractivity contribution is -0.234. The van der Waals surface area contributed by atoms with Gasteiger partial charge in [-0.05, 0) is 77.0 Å². The standard InChI is InChI=1S/C25H35F3O2/c1-7-8-9-10-18-14-21(29)23(20-13-17(4)11-12-19(20)16(2)3)22(15-18)30-24(5,6)25(26,27)28/h13-15,19-20,29H,2,7-12H2,1,3-6H3. The van der Waals surface area contributed by atoms with Crippen molar-refractivity contribution in [3.05, 3.63) is 47.1 Å². The molecule has 1 aromatic rings. The SMILES string of the molecule is C=C(C)C1CCC(C)=CC1c1c(O)cc(CCCCC)cc1OC(C)(C)C(F)(F)F. The van der Waals surface area contributed by atoms with E-state index in [1.807, 2.05) is 19.9 Å². The summed E-state index contributed by atoms with van der Waals surface area (Å²) in [6.07, 6.45) is 2.93. The minimum Gasteiger partial charge on any atom is -0.507 e. The maximum atomic E-state index is 13.6. The number of ether oxygens (including phenoxy) is 1. The van der Waals surface area contributed by atoms with Crippen molar-refractivity contribution in [2.75, 3.05) is 0 Å². The Bertz CT molecular complexity index is 790. The van der Waals surface area contributed by atoms with Gasteiger partial charge in [-0.15, -0.1) is 0 Å². The molecule has 1 aliphatic rings. The van der Waals surface area contributed by atoms with Crippen LogP contribution in [-0.4, -0.2) is 16.9 Å². The summed E-state index contributed by atoms with van der Waals surface area (Å²) in [5.41, 5.74) is 0.961. The molecule has 0 amide bonds. The summed E-state index contributed by atoms with van der Waals surface area (Å²) < 4.78 is 46.4. The van der Waals surface area contributed by atoms with E-state index in [4.69, 9.17) is 4.74 Å². The lowest BCUT2D eigenvalue weighted by atomic mass is 9.73. The van der Waals surface area contributed by atoms with Gasteiger partial charge >= 0.3 is 6.18 Å². The fraction of sp³-hybridized carbons (Fsp3) is 0.600. The third kappa shape index (κ3) is 5.61. The van der Waals surface area contributed by atoms with Crippen LogP contribution >= 0.6 is 0 Å². The van der Waals surface area contributed by atoms with Crippen molar-refractivity contribution in [1.82, 2.24) is 0 Å². The van der Waals surface area contributed by atoms with E-state index in [2.05, 4.69) is 13.5 Å². The maximum absolute atomic E-state index is 13.6. The molecule has 0 heterocycles. The highest BCUT2D eigenvalue weighted by atomic mass is 19.4. The smallest absolute Gasteiger partial charge is 0.427 e. The second-order valence-electron chi connectivity index (χ2n) is 9.12. The predicted octanol–water partition coefficient (Wildman–Crippen LogP) is 7.86. The van der Waals surface area contributed by atoms with Crippen LogP contribution < -0.4 is 4.74 Å². The number of benzene rings is 1. The van der Waals surface area contributed by atoms with Gasteiger partial charge in [0.1, 0.15) is 11.5 Å². The minimum absolute atomic E-state index is 0.000766. The molecule has 0 bridgehead atoms. The highest BCUT2D eigenvalue weighted by Crippen LogP contribution is 2.48. The molecule has 168 valence electrons. The number of aromatic hydroxyl groups is 1. The van der Waals surface area contributed by atoms with E-state index in [1.165, 1.54) is 0 Å². The molecule has 5 heteroatoms. The quantitative estimate of drug-likeness (QED) is 0.340. The van der Waals surface area contributed by atoms with Gasteiger partial charge < -0.3 is 9.84 Å². The molecule has 0 fully saturated rings. The van der Waals surface area contributed by atoms with Crippen LogP contribution in [0.3, 0.4) is 0 Å². The number of phenols is 1. The van der Waals surface area contributed by atoms with Gasteiger partial charge in [-0.25, -0.2) is 0 Å². The number of phenolic OH excluding ortho intramolecular Hbond substituents is 1. The summed E-state index contributed by atoms with van der Waals surface area (Å²) in [5.74, 6) is -0.105. The van der Waals surface area contributed by atoms with Gasteiger partial charge in [0.05, 0.1) is 0 Å². The number of hydrogen-bond acceptors (Lipinski definition) is 2. The first-order chi connectivity index (χ1) is 13.9. The maximum Gasteiger partial charge on any atom is 0.427 e. The molecule has 1 aliphatic carbocycles. The zero-order valence-electron chi connectivity index (χ0n) is 18.8. The van der Waals surface area contributed by atoms with Crippen LogP contribution in [0.2, 0.25) is 0 Å². The summed E-state index contributed by atoms with van der Waals surface area (Å²) in [7, 11) is 0. The summed E-state index contributed by atoms with van der Waals surface area (Å²) in [4.78, 5) is 0. The van der Waals surface area contributed by atoms with Crippen molar-refractivity contribution in [1.29, 1.82) is 0 Å². The van der Waals surface area contributed by atoms with E-state index in [0.29, 0.717) is 12.0 Å². The van der Waals surface area contributed by atoms with E-state index in [-0.39, 0.29) is 23.3 Å². The van der Waals surface area contributed by atoms with Gasteiger partial charge in [-0.1, -0.05) is 43.6 Å². The second-order valence-corrected chi connectivity index (χ2v) is 9.12. The van der Waals surface area contributed by atoms with Crippen LogP contribution in [0, 0.1) is 5.92 Å². The molecular formula is C25H35F3O2. The first kappa shape index (κ1) is 24.4. The largest absolute Gasteiger partial charge is 0.507 e. The molecule has 0 spiro atoms. The predicted molar refractivity (Wildman–Crippen MR) is 116 cm³/mol. The fourth-order valence-electron chi connectivity index (χ4n) is 4.05. The van der Waals surface area contributed by atoms with Crippen LogP contribution in [0.5, 0.6) is 11.5 Å². The van der Waals surface area contributed by atoms with Gasteiger partial charge in [-0.2, -0.15) is 13.2 Å². The molecule has 0 aromatic heterocycles. The molecule has 1 N–H and O–H groups in total. The Morgan fingerprint density at radius 2 is 1.90 bits per heavy atom. The number of halogens is 3. The van der Waals surface area contributed by atoms with Gasteiger partial charge in [-0.3, -0.25) is 0 Å². The monoisotopic (exact) mass is 424 g/mol. The molecule has 0 aliphatic heterocycles. The molecule has 30 heavy (non-hydrogen) atoms. The van der Waals surface area contributed by atoms with Gasteiger partial charge in [0, 0.05) is 11.5 Å². The van der Waals surface area contributed by atoms with Crippen LogP contribution in [-0.2, 0) is 6.42 Å². The van der Waals surface area contributed by atoms with E-state index < -0.39 is 11.8 Å². The van der Waals surface area contributed by atoms with E-state index in [9.17, 15) is 18.3 Å². The lowest BCUT2D eigenvalue weighted by Gasteiger charge is -2.35. The molecule has 2 atom stereocenters. The highest BCUT2D eigenvalue weighted by Gasteiger charge is 2.50. The number of aryl methyl sites for hydroxylation is 1. The number of alkyl halides is 3. The fourth-order valence-corrected chi connectivity index (χ4v) is 4.05. The summed E-state index contributed by atoms with van der Waals surface area (Å²) >= 11 is 0. The average Bonchev–Trinajstić information content (AvgIpc) is 2.60. The van der Waals surface area contributed by atoms with Gasteiger partial charge in [0.25, 0.3) is 0 Å². The Labute approximate surface area is 178 Å². The zero-order chi connectivity index (χ0) is 22.7. The minimum atomic E-state index is -4.54. The van der Waals surface area contributed by atoms with E-state index >= 15 is 0 Å². The summed E-state index contributed by atoms with van der Waals surface area (Å²) in [6, 6.07) is 3.37. The number of hydrogen-bond donors (Lipinski definition) is 1. The average molecular weight is 425 g/mol. The first-order valence-corrected chi connectivity index (χ1v) is 10.8. The molecule has 1 aromatic carbocycles. The molecule has 2 unspecified atom stereocenters. The Hall–Kier alpha value is -1.91. The molecule has 2 nitrogen and oxygen atoms in total. The Morgan fingerprint density at radius 1 is 1.23 bits per heavy atom. The molecule has 0 saturated carbocycles. The molecule has 0 saturated heterocycles. The normalized spacial score (nSPS) is 20.1. The number of unbranched alkanes of at least 4 members (excludes halogenated alkanes) is 2. The Balaban J connectivity index is 2.59. The Kier molecular flexibility index (Phi) is 7.70. The van der Waals surface area contributed by atoms with Crippen molar-refractivity contribution in [3.63, 3.8) is 0 Å². The second kappa shape index (κ2) is 9.49. The first-order valence-electron chi connectivity index (χ1n) is 10.8. The van der Waals surface area contributed by atoms with Crippen LogP contribution in [0.25, 0.3) is 0 Å². The van der Waals surface area contributed by atoms with E-state index in [0.717, 1.165) is 62.7 Å². The van der Waals surface area contributed by atoms with Crippen LogP contribution in [0.15, 0.2) is 35.9 Å². The van der Waals surface area contributed by atoms with Gasteiger partial charge in [0.15, 0.2) is 5.60 Å². The summed E-state index contributed by atoms with van der Waals surface area (Å²) in [6.45, 7) is 12.2. The van der Waals surface area contributed by atoms with Crippen LogP contribution in [0.1, 0.15) is 83.8 Å². The van der Waals surface area contributed by atoms with Crippen molar-refractivity contribution in [2.24, 2.45) is 5.92 Å². The number of allylic oxidation sites excluding steroid dienone is 3. The van der Waals surface area contributed by atoms with E-state index in [1.54, 1.807) is 12.1 Å². The molecular weight excluding hydrogens is 389 g/mol. The Morgan fingerprint density at radius 3 is 2.47 bits per heavy atom. The van der Waals surface area contributed by atoms with Gasteiger partial charge in [0.2, 0.25) is 0 Å². The van der Waals surface area contributed by atoms with Crippen LogP contribution in [0.4, 0.5) is 13.2 Å². The lowest BCUT2D eigenvalue weighted by Crippen LogP contribution is -2.44. The van der Waals surface area contributed by atoms with Crippen molar-refractivity contribution in [3.8, 4) is 11.5 Å². The number of rotatable bonds is 8. The third-order valence-corrected chi connectivity index (χ3v) is 6.01. The topological polar surface area (TPSA) is 29.5 Å². The van der Waals surface area contributed by atoms with Crippen molar-refractivity contribution >= 4 is 0 Å². The third-order valence-electron chi connectivity index (χ3n) is 6.01. The van der Waals surface area contributed by atoms with Crippen molar-refractivity contribution in [2.45, 2.75) is 90.8 Å². The molecule has 0 radical (unpaired) electrons. The zero-order valence-corrected chi connectivity index (χ0v) is 18.8. The highest BCUT2D eigenvalue weighted by molar-refractivity contribution is 5.53. The van der Waals surface area contributed by atoms with Crippen molar-refractivity contribution < 1.29 is 23.0 Å². The molecule has 2 rings (SSSR count). The summed E-state index contributed by atoms with van der Waals surface area (Å²) in [5, 5.41) is 10.9.